The highest BCUT2D eigenvalue weighted by Gasteiger charge is 2.34. The van der Waals surface area contributed by atoms with Gasteiger partial charge in [0.05, 0.1) is 6.07 Å². The molecule has 1 heterocycles. The van der Waals surface area contributed by atoms with Gasteiger partial charge in [0, 0.05) is 38.8 Å². The Morgan fingerprint density at radius 1 is 1.15 bits per heavy atom. The summed E-state index contributed by atoms with van der Waals surface area (Å²) in [6.07, 6.45) is 2.73. The van der Waals surface area contributed by atoms with Gasteiger partial charge in [-0.25, -0.2) is 0 Å². The van der Waals surface area contributed by atoms with Crippen LogP contribution < -0.4 is 5.73 Å². The molecule has 1 saturated heterocycles. The second-order valence-corrected chi connectivity index (χ2v) is 5.99. The predicted molar refractivity (Wildman–Crippen MR) is 79.0 cm³/mol. The lowest BCUT2D eigenvalue weighted by molar-refractivity contribution is 0.114. The van der Waals surface area contributed by atoms with E-state index in [1.54, 1.807) is 0 Å². The zero-order valence-corrected chi connectivity index (χ0v) is 11.8. The first-order valence-electron chi connectivity index (χ1n) is 7.43. The molecule has 0 bridgehead atoms. The fraction of sp³-hybridized carbons (Fsp3) is 0.562. The summed E-state index contributed by atoms with van der Waals surface area (Å²) in [5.41, 5.74) is 6.35. The normalized spacial score (nSPS) is 24.0. The van der Waals surface area contributed by atoms with Crippen molar-refractivity contribution in [2.45, 2.75) is 24.4 Å². The van der Waals surface area contributed by atoms with Gasteiger partial charge in [-0.15, -0.1) is 0 Å². The fourth-order valence-electron chi connectivity index (χ4n) is 3.01. The summed E-state index contributed by atoms with van der Waals surface area (Å²) in [6.45, 7) is 4.88. The smallest absolute Gasteiger partial charge is 0.142 e. The van der Waals surface area contributed by atoms with Gasteiger partial charge >= 0.3 is 0 Å². The van der Waals surface area contributed by atoms with Gasteiger partial charge in [-0.2, -0.15) is 5.26 Å². The van der Waals surface area contributed by atoms with E-state index < -0.39 is 5.54 Å². The third-order valence-electron chi connectivity index (χ3n) is 4.43. The van der Waals surface area contributed by atoms with Crippen LogP contribution in [0.3, 0.4) is 0 Å². The fourth-order valence-corrected chi connectivity index (χ4v) is 3.01. The Balaban J connectivity index is 1.62. The Bertz CT molecular complexity index is 483. The van der Waals surface area contributed by atoms with Crippen LogP contribution in [0.4, 0.5) is 0 Å². The second kappa shape index (κ2) is 5.53. The molecule has 3 rings (SSSR count). The third kappa shape index (κ3) is 2.85. The van der Waals surface area contributed by atoms with Gasteiger partial charge in [-0.1, -0.05) is 30.3 Å². The molecule has 0 radical (unpaired) electrons. The van der Waals surface area contributed by atoms with E-state index in [-0.39, 0.29) is 0 Å². The Labute approximate surface area is 120 Å². The number of nitriles is 1. The van der Waals surface area contributed by atoms with Crippen LogP contribution in [-0.2, 0) is 5.54 Å². The lowest BCUT2D eigenvalue weighted by Crippen LogP contribution is -2.53. The number of nitrogens with zero attached hydrogens (tertiary/aromatic N) is 3. The van der Waals surface area contributed by atoms with E-state index in [2.05, 4.69) is 15.9 Å². The number of hydrogen-bond acceptors (Lipinski definition) is 4. The molecule has 2 aliphatic rings. The van der Waals surface area contributed by atoms with E-state index in [1.807, 2.05) is 30.3 Å². The molecule has 2 N–H and O–H groups in total. The summed E-state index contributed by atoms with van der Waals surface area (Å²) < 4.78 is 0. The predicted octanol–water partition coefficient (Wildman–Crippen LogP) is 1.14. The van der Waals surface area contributed by atoms with Gasteiger partial charge < -0.3 is 5.73 Å². The van der Waals surface area contributed by atoms with E-state index in [9.17, 15) is 5.26 Å². The zero-order valence-electron chi connectivity index (χ0n) is 11.8. The summed E-state index contributed by atoms with van der Waals surface area (Å²) >= 11 is 0. The van der Waals surface area contributed by atoms with Crippen molar-refractivity contribution in [3.05, 3.63) is 35.9 Å². The van der Waals surface area contributed by atoms with Crippen molar-refractivity contribution < 1.29 is 0 Å². The number of hydrogen-bond donors (Lipinski definition) is 1. The van der Waals surface area contributed by atoms with Crippen LogP contribution in [-0.4, -0.2) is 48.6 Å². The van der Waals surface area contributed by atoms with E-state index in [1.165, 1.54) is 12.8 Å². The van der Waals surface area contributed by atoms with Gasteiger partial charge in [0.25, 0.3) is 0 Å². The average Bonchev–Trinajstić information content (AvgIpc) is 3.33. The van der Waals surface area contributed by atoms with E-state index >= 15 is 0 Å². The second-order valence-electron chi connectivity index (χ2n) is 5.99. The van der Waals surface area contributed by atoms with E-state index in [4.69, 9.17) is 5.73 Å². The lowest BCUT2D eigenvalue weighted by atomic mass is 9.91. The van der Waals surface area contributed by atoms with Crippen LogP contribution in [0.1, 0.15) is 18.4 Å². The molecule has 0 spiro atoms. The maximum Gasteiger partial charge on any atom is 0.142 e. The Morgan fingerprint density at radius 2 is 1.80 bits per heavy atom. The van der Waals surface area contributed by atoms with Gasteiger partial charge in [0.15, 0.2) is 0 Å². The maximum absolute atomic E-state index is 9.51. The highest BCUT2D eigenvalue weighted by Crippen LogP contribution is 2.28. The summed E-state index contributed by atoms with van der Waals surface area (Å²) in [5, 5.41) is 9.51. The maximum atomic E-state index is 9.51. The molecule has 20 heavy (non-hydrogen) atoms. The van der Waals surface area contributed by atoms with E-state index in [0.29, 0.717) is 6.54 Å². The van der Waals surface area contributed by atoms with E-state index in [0.717, 1.165) is 37.8 Å². The molecule has 2 fully saturated rings. The van der Waals surface area contributed by atoms with Crippen molar-refractivity contribution >= 4 is 0 Å². The topological polar surface area (TPSA) is 56.3 Å². The molecule has 0 aromatic heterocycles. The molecule has 1 aromatic carbocycles. The van der Waals surface area contributed by atoms with Crippen molar-refractivity contribution in [3.63, 3.8) is 0 Å². The molecule has 4 nitrogen and oxygen atoms in total. The minimum absolute atomic E-state index is 0.617. The third-order valence-corrected chi connectivity index (χ3v) is 4.43. The zero-order chi connectivity index (χ0) is 14.0. The lowest BCUT2D eigenvalue weighted by Gasteiger charge is -2.38. The van der Waals surface area contributed by atoms with Crippen molar-refractivity contribution in [1.82, 2.24) is 9.80 Å². The SMILES string of the molecule is N#CC(N)(CN1CCN(C2CC2)CC1)c1ccccc1. The first-order chi connectivity index (χ1) is 9.71. The van der Waals surface area contributed by atoms with Crippen LogP contribution in [0.5, 0.6) is 0 Å². The number of nitrogens with two attached hydrogens (primary N) is 1. The molecular formula is C16H22N4. The minimum Gasteiger partial charge on any atom is -0.309 e. The summed E-state index contributed by atoms with van der Waals surface area (Å²) in [5.74, 6) is 0. The van der Waals surface area contributed by atoms with Crippen molar-refractivity contribution in [2.24, 2.45) is 5.73 Å². The van der Waals surface area contributed by atoms with Crippen molar-refractivity contribution in [3.8, 4) is 6.07 Å². The number of rotatable bonds is 4. The molecule has 1 aromatic rings. The van der Waals surface area contributed by atoms with Gasteiger partial charge in [-0.05, 0) is 18.4 Å². The van der Waals surface area contributed by atoms with Crippen molar-refractivity contribution in [2.75, 3.05) is 32.7 Å². The average molecular weight is 270 g/mol. The largest absolute Gasteiger partial charge is 0.309 e. The molecule has 1 aliphatic carbocycles. The van der Waals surface area contributed by atoms with Gasteiger partial charge in [0.1, 0.15) is 5.54 Å². The molecule has 4 heteroatoms. The number of benzene rings is 1. The van der Waals surface area contributed by atoms with Crippen LogP contribution in [0.15, 0.2) is 30.3 Å². The van der Waals surface area contributed by atoms with Crippen LogP contribution in [0.25, 0.3) is 0 Å². The van der Waals surface area contributed by atoms with Crippen LogP contribution >= 0.6 is 0 Å². The van der Waals surface area contributed by atoms with Crippen molar-refractivity contribution in [1.29, 1.82) is 5.26 Å². The molecule has 106 valence electrons. The quantitative estimate of drug-likeness (QED) is 0.891. The molecular weight excluding hydrogens is 248 g/mol. The highest BCUT2D eigenvalue weighted by molar-refractivity contribution is 5.31. The molecule has 1 saturated carbocycles. The molecule has 1 aliphatic heterocycles. The summed E-state index contributed by atoms with van der Waals surface area (Å²) in [4.78, 5) is 4.90. The molecule has 1 unspecified atom stereocenters. The number of piperazine rings is 1. The summed E-state index contributed by atoms with van der Waals surface area (Å²) in [6, 6.07) is 12.9. The standard InChI is InChI=1S/C16H22N4/c17-12-16(18,14-4-2-1-3-5-14)13-19-8-10-20(11-9-19)15-6-7-15/h1-5,15H,6-11,13,18H2. The van der Waals surface area contributed by atoms with Crippen LogP contribution in [0, 0.1) is 11.3 Å². The first kappa shape index (κ1) is 13.6. The Kier molecular flexibility index (Phi) is 3.75. The van der Waals surface area contributed by atoms with Crippen LogP contribution in [0.2, 0.25) is 0 Å². The Hall–Kier alpha value is -1.41. The first-order valence-corrected chi connectivity index (χ1v) is 7.43. The Morgan fingerprint density at radius 3 is 2.35 bits per heavy atom. The summed E-state index contributed by atoms with van der Waals surface area (Å²) in [7, 11) is 0. The van der Waals surface area contributed by atoms with Gasteiger partial charge in [-0.3, -0.25) is 9.80 Å². The van der Waals surface area contributed by atoms with Gasteiger partial charge in [0.2, 0.25) is 0 Å². The molecule has 0 amide bonds. The highest BCUT2D eigenvalue weighted by atomic mass is 15.3. The minimum atomic E-state index is -0.900. The monoisotopic (exact) mass is 270 g/mol. The molecule has 1 atom stereocenters.